The van der Waals surface area contributed by atoms with E-state index in [2.05, 4.69) is 10.1 Å². The molecule has 4 heteroatoms. The van der Waals surface area contributed by atoms with E-state index < -0.39 is 0 Å². The zero-order chi connectivity index (χ0) is 10.7. The fourth-order valence-corrected chi connectivity index (χ4v) is 2.01. The Bertz CT molecular complexity index is 350. The quantitative estimate of drug-likeness (QED) is 0.609. The lowest BCUT2D eigenvalue weighted by Crippen LogP contribution is -2.21. The molecule has 0 unspecified atom stereocenters. The van der Waals surface area contributed by atoms with E-state index in [0.717, 1.165) is 17.3 Å². The molecule has 1 fully saturated rings. The summed E-state index contributed by atoms with van der Waals surface area (Å²) in [7, 11) is 0. The van der Waals surface area contributed by atoms with Gasteiger partial charge in [-0.05, 0) is 19.8 Å². The molecule has 0 saturated heterocycles. The minimum absolute atomic E-state index is 0.494. The number of nitrogens with zero attached hydrogens (tertiary/aromatic N) is 2. The predicted molar refractivity (Wildman–Crippen MR) is 58.5 cm³/mol. The molecule has 2 N–H and O–H groups in total. The third kappa shape index (κ3) is 2.58. The standard InChI is InChI=1S/C11H17N3O/c1-8-6-10(15-14-8)7-13-11(12)9-4-2-3-5-9/h6,9H,2-5,7H2,1H3,(H2,12,13). The Morgan fingerprint density at radius 1 is 1.60 bits per heavy atom. The zero-order valence-corrected chi connectivity index (χ0v) is 9.07. The number of aliphatic imine (C=N–C) groups is 1. The van der Waals surface area contributed by atoms with Crippen molar-refractivity contribution in [2.75, 3.05) is 0 Å². The predicted octanol–water partition coefficient (Wildman–Crippen LogP) is 2.03. The Hall–Kier alpha value is -1.32. The van der Waals surface area contributed by atoms with Gasteiger partial charge in [-0.2, -0.15) is 0 Å². The number of aromatic nitrogens is 1. The van der Waals surface area contributed by atoms with E-state index >= 15 is 0 Å². The molecule has 0 bridgehead atoms. The smallest absolute Gasteiger partial charge is 0.158 e. The van der Waals surface area contributed by atoms with E-state index in [9.17, 15) is 0 Å². The van der Waals surface area contributed by atoms with Gasteiger partial charge in [-0.15, -0.1) is 0 Å². The fourth-order valence-electron chi connectivity index (χ4n) is 2.01. The maximum absolute atomic E-state index is 5.92. The highest BCUT2D eigenvalue weighted by Gasteiger charge is 2.18. The lowest BCUT2D eigenvalue weighted by molar-refractivity contribution is 0.381. The summed E-state index contributed by atoms with van der Waals surface area (Å²) in [6, 6.07) is 1.89. The summed E-state index contributed by atoms with van der Waals surface area (Å²) in [4.78, 5) is 4.35. The molecule has 1 aliphatic rings. The number of rotatable bonds is 3. The van der Waals surface area contributed by atoms with E-state index in [-0.39, 0.29) is 0 Å². The van der Waals surface area contributed by atoms with Gasteiger partial charge in [0.05, 0.1) is 11.5 Å². The highest BCUT2D eigenvalue weighted by Crippen LogP contribution is 2.24. The molecular weight excluding hydrogens is 190 g/mol. The molecule has 0 spiro atoms. The fraction of sp³-hybridized carbons (Fsp3) is 0.636. The minimum atomic E-state index is 0.494. The Balaban J connectivity index is 1.92. The molecule has 82 valence electrons. The summed E-state index contributed by atoms with van der Waals surface area (Å²) < 4.78 is 5.06. The Kier molecular flexibility index (Phi) is 3.04. The maximum Gasteiger partial charge on any atom is 0.158 e. The van der Waals surface area contributed by atoms with Crippen molar-refractivity contribution in [3.05, 3.63) is 17.5 Å². The van der Waals surface area contributed by atoms with Crippen LogP contribution in [0.1, 0.15) is 37.1 Å². The molecule has 0 amide bonds. The molecular formula is C11H17N3O. The molecule has 1 heterocycles. The van der Waals surface area contributed by atoms with Crippen LogP contribution in [-0.2, 0) is 6.54 Å². The van der Waals surface area contributed by atoms with Crippen molar-refractivity contribution < 1.29 is 4.52 Å². The topological polar surface area (TPSA) is 64.4 Å². The number of hydrogen-bond acceptors (Lipinski definition) is 3. The zero-order valence-electron chi connectivity index (χ0n) is 9.07. The number of amidine groups is 1. The first-order valence-electron chi connectivity index (χ1n) is 5.47. The molecule has 15 heavy (non-hydrogen) atoms. The van der Waals surface area contributed by atoms with Gasteiger partial charge in [-0.3, -0.25) is 4.99 Å². The third-order valence-corrected chi connectivity index (χ3v) is 2.87. The van der Waals surface area contributed by atoms with Gasteiger partial charge in [0.25, 0.3) is 0 Å². The van der Waals surface area contributed by atoms with Crippen LogP contribution < -0.4 is 5.73 Å². The van der Waals surface area contributed by atoms with Crippen molar-refractivity contribution >= 4 is 5.84 Å². The van der Waals surface area contributed by atoms with Crippen LogP contribution in [0.4, 0.5) is 0 Å². The van der Waals surface area contributed by atoms with Gasteiger partial charge in [0.15, 0.2) is 5.76 Å². The normalized spacial score (nSPS) is 18.6. The first-order chi connectivity index (χ1) is 7.25. The molecule has 1 saturated carbocycles. The molecule has 0 atom stereocenters. The summed E-state index contributed by atoms with van der Waals surface area (Å²) in [5, 5.41) is 3.81. The van der Waals surface area contributed by atoms with E-state index in [1.807, 2.05) is 13.0 Å². The average Bonchev–Trinajstić information content (AvgIpc) is 2.84. The maximum atomic E-state index is 5.92. The van der Waals surface area contributed by atoms with Crippen LogP contribution in [0.15, 0.2) is 15.6 Å². The Morgan fingerprint density at radius 3 is 2.93 bits per heavy atom. The van der Waals surface area contributed by atoms with Crippen molar-refractivity contribution in [1.29, 1.82) is 0 Å². The summed E-state index contributed by atoms with van der Waals surface area (Å²) in [5.74, 6) is 2.06. The average molecular weight is 207 g/mol. The minimum Gasteiger partial charge on any atom is -0.387 e. The SMILES string of the molecule is Cc1cc(CN=C(N)C2CCCC2)on1. The van der Waals surface area contributed by atoms with Gasteiger partial charge in [-0.25, -0.2) is 0 Å². The van der Waals surface area contributed by atoms with Gasteiger partial charge in [-0.1, -0.05) is 18.0 Å². The monoisotopic (exact) mass is 207 g/mol. The molecule has 0 aliphatic heterocycles. The molecule has 0 aromatic carbocycles. The van der Waals surface area contributed by atoms with Crippen molar-refractivity contribution in [3.63, 3.8) is 0 Å². The van der Waals surface area contributed by atoms with Crippen molar-refractivity contribution in [2.45, 2.75) is 39.2 Å². The lowest BCUT2D eigenvalue weighted by atomic mass is 10.1. The highest BCUT2D eigenvalue weighted by atomic mass is 16.5. The summed E-state index contributed by atoms with van der Waals surface area (Å²) >= 11 is 0. The molecule has 1 aromatic rings. The van der Waals surface area contributed by atoms with Gasteiger partial charge < -0.3 is 10.3 Å². The van der Waals surface area contributed by atoms with Crippen LogP contribution >= 0.6 is 0 Å². The highest BCUT2D eigenvalue weighted by molar-refractivity contribution is 5.83. The second-order valence-electron chi connectivity index (χ2n) is 4.16. The second kappa shape index (κ2) is 4.47. The van der Waals surface area contributed by atoms with Crippen LogP contribution in [0.5, 0.6) is 0 Å². The van der Waals surface area contributed by atoms with E-state index in [4.69, 9.17) is 10.3 Å². The van der Waals surface area contributed by atoms with Crippen molar-refractivity contribution in [2.24, 2.45) is 16.6 Å². The van der Waals surface area contributed by atoms with Gasteiger partial charge in [0.2, 0.25) is 0 Å². The summed E-state index contributed by atoms with van der Waals surface area (Å²) in [6.07, 6.45) is 4.93. The summed E-state index contributed by atoms with van der Waals surface area (Å²) in [6.45, 7) is 2.42. The third-order valence-electron chi connectivity index (χ3n) is 2.87. The van der Waals surface area contributed by atoms with Gasteiger partial charge >= 0.3 is 0 Å². The number of aryl methyl sites for hydroxylation is 1. The van der Waals surface area contributed by atoms with E-state index in [1.54, 1.807) is 0 Å². The van der Waals surface area contributed by atoms with Gasteiger partial charge in [0.1, 0.15) is 6.54 Å². The van der Waals surface area contributed by atoms with Gasteiger partial charge in [0, 0.05) is 12.0 Å². The van der Waals surface area contributed by atoms with Crippen molar-refractivity contribution in [3.8, 4) is 0 Å². The lowest BCUT2D eigenvalue weighted by Gasteiger charge is -2.06. The first kappa shape index (κ1) is 10.2. The number of hydrogen-bond donors (Lipinski definition) is 1. The van der Waals surface area contributed by atoms with Crippen LogP contribution in [-0.4, -0.2) is 11.0 Å². The van der Waals surface area contributed by atoms with Crippen LogP contribution in [0.3, 0.4) is 0 Å². The van der Waals surface area contributed by atoms with Crippen LogP contribution in [0, 0.1) is 12.8 Å². The number of nitrogens with two attached hydrogens (primary N) is 1. The van der Waals surface area contributed by atoms with Crippen molar-refractivity contribution in [1.82, 2.24) is 5.16 Å². The summed E-state index contributed by atoms with van der Waals surface area (Å²) in [5.41, 5.74) is 6.81. The van der Waals surface area contributed by atoms with E-state index in [1.165, 1.54) is 25.7 Å². The van der Waals surface area contributed by atoms with E-state index in [0.29, 0.717) is 12.5 Å². The molecule has 1 aromatic heterocycles. The second-order valence-corrected chi connectivity index (χ2v) is 4.16. The molecule has 2 rings (SSSR count). The Morgan fingerprint density at radius 2 is 2.33 bits per heavy atom. The first-order valence-corrected chi connectivity index (χ1v) is 5.47. The Labute approximate surface area is 89.5 Å². The van der Waals surface area contributed by atoms with Crippen LogP contribution in [0.25, 0.3) is 0 Å². The van der Waals surface area contributed by atoms with Crippen LogP contribution in [0.2, 0.25) is 0 Å². The molecule has 4 nitrogen and oxygen atoms in total. The largest absolute Gasteiger partial charge is 0.387 e. The molecule has 0 radical (unpaired) electrons. The molecule has 1 aliphatic carbocycles.